The van der Waals surface area contributed by atoms with Gasteiger partial charge in [0.15, 0.2) is 0 Å². The Morgan fingerprint density at radius 3 is 2.72 bits per heavy atom. The molecule has 2 N–H and O–H groups in total. The predicted molar refractivity (Wildman–Crippen MR) is 70.3 cm³/mol. The Morgan fingerprint density at radius 1 is 1.44 bits per heavy atom. The van der Waals surface area contributed by atoms with Crippen LogP contribution >= 0.6 is 0 Å². The Balaban J connectivity index is 1.98. The van der Waals surface area contributed by atoms with E-state index < -0.39 is 12.1 Å². The zero-order valence-corrected chi connectivity index (χ0v) is 10.5. The fourth-order valence-corrected chi connectivity index (χ4v) is 2.41. The monoisotopic (exact) mass is 249 g/mol. The van der Waals surface area contributed by atoms with E-state index in [-0.39, 0.29) is 6.04 Å². The molecule has 5 nitrogen and oxygen atoms in total. The fraction of sp³-hybridized carbons (Fsp3) is 0.538. The SMILES string of the molecule is CN[C@H](CN1C[C@@H](O)[C@H](N=O)C1)c1ccccc1. The van der Waals surface area contributed by atoms with Crippen LogP contribution in [0.25, 0.3) is 0 Å². The molecular formula is C13H19N3O2. The van der Waals surface area contributed by atoms with E-state index in [1.54, 1.807) is 0 Å². The van der Waals surface area contributed by atoms with Crippen molar-refractivity contribution >= 4 is 0 Å². The summed E-state index contributed by atoms with van der Waals surface area (Å²) < 4.78 is 0. The zero-order valence-electron chi connectivity index (χ0n) is 10.5. The number of likely N-dealkylation sites (N-methyl/N-ethyl adjacent to an activating group) is 1. The van der Waals surface area contributed by atoms with Crippen LogP contribution in [0.3, 0.4) is 0 Å². The van der Waals surface area contributed by atoms with Gasteiger partial charge in [-0.25, -0.2) is 0 Å². The van der Waals surface area contributed by atoms with Crippen LogP contribution in [0.15, 0.2) is 35.5 Å². The van der Waals surface area contributed by atoms with E-state index in [2.05, 4.69) is 27.5 Å². The van der Waals surface area contributed by atoms with Gasteiger partial charge in [-0.1, -0.05) is 35.5 Å². The summed E-state index contributed by atoms with van der Waals surface area (Å²) in [7, 11) is 1.92. The molecule has 1 aromatic carbocycles. The highest BCUT2D eigenvalue weighted by atomic mass is 16.3. The molecule has 1 heterocycles. The summed E-state index contributed by atoms with van der Waals surface area (Å²) in [6.07, 6.45) is -0.629. The highest BCUT2D eigenvalue weighted by molar-refractivity contribution is 5.19. The average Bonchev–Trinajstić information content (AvgIpc) is 2.77. The van der Waals surface area contributed by atoms with Gasteiger partial charge in [-0.05, 0) is 12.6 Å². The van der Waals surface area contributed by atoms with Gasteiger partial charge in [0.1, 0.15) is 6.04 Å². The number of hydrogen-bond acceptors (Lipinski definition) is 5. The summed E-state index contributed by atoms with van der Waals surface area (Å²) in [6.45, 7) is 1.82. The maximum atomic E-state index is 10.5. The molecule has 5 heteroatoms. The number of aliphatic hydroxyl groups is 1. The minimum absolute atomic E-state index is 0.198. The molecule has 1 saturated heterocycles. The molecular weight excluding hydrogens is 230 g/mol. The van der Waals surface area contributed by atoms with Crippen molar-refractivity contribution in [1.82, 2.24) is 10.2 Å². The van der Waals surface area contributed by atoms with Gasteiger partial charge in [0.2, 0.25) is 0 Å². The van der Waals surface area contributed by atoms with E-state index in [9.17, 15) is 10.0 Å². The first-order valence-corrected chi connectivity index (χ1v) is 6.19. The number of β-amino-alcohol motifs (C(OH)–C–C–N with tert-alkyl or cyclic N) is 1. The Kier molecular flexibility index (Phi) is 4.41. The van der Waals surface area contributed by atoms with Crippen LogP contribution in [-0.2, 0) is 0 Å². The second-order valence-electron chi connectivity index (χ2n) is 4.71. The summed E-state index contributed by atoms with van der Waals surface area (Å²) in [5, 5.41) is 15.9. The number of rotatable bonds is 5. The van der Waals surface area contributed by atoms with Crippen LogP contribution in [0.4, 0.5) is 0 Å². The standard InChI is InChI=1S/C13H19N3O2/c1-14-11(10-5-3-2-4-6-10)7-16-8-12(15-18)13(17)9-16/h2-6,11-14,17H,7-9H2,1H3/t11-,12-,13-/m1/s1. The summed E-state index contributed by atoms with van der Waals surface area (Å²) in [5.74, 6) is 0. The molecule has 1 aliphatic rings. The maximum absolute atomic E-state index is 10.5. The first kappa shape index (κ1) is 13.1. The van der Waals surface area contributed by atoms with Gasteiger partial charge in [0.25, 0.3) is 0 Å². The van der Waals surface area contributed by atoms with Crippen molar-refractivity contribution in [3.05, 3.63) is 40.8 Å². The molecule has 2 rings (SSSR count). The molecule has 18 heavy (non-hydrogen) atoms. The van der Waals surface area contributed by atoms with Crippen molar-refractivity contribution < 1.29 is 5.11 Å². The van der Waals surface area contributed by atoms with Crippen molar-refractivity contribution in [3.8, 4) is 0 Å². The first-order valence-electron chi connectivity index (χ1n) is 6.19. The molecule has 0 radical (unpaired) electrons. The highest BCUT2D eigenvalue weighted by Crippen LogP contribution is 2.19. The number of hydrogen-bond donors (Lipinski definition) is 2. The normalized spacial score (nSPS) is 26.1. The smallest absolute Gasteiger partial charge is 0.132 e. The van der Waals surface area contributed by atoms with Gasteiger partial charge in [-0.2, -0.15) is 4.91 Å². The van der Waals surface area contributed by atoms with Crippen molar-refractivity contribution in [1.29, 1.82) is 0 Å². The summed E-state index contributed by atoms with van der Waals surface area (Å²) in [6, 6.07) is 9.86. The maximum Gasteiger partial charge on any atom is 0.132 e. The summed E-state index contributed by atoms with van der Waals surface area (Å²) in [4.78, 5) is 12.6. The lowest BCUT2D eigenvalue weighted by atomic mass is 10.1. The van der Waals surface area contributed by atoms with Crippen LogP contribution in [-0.4, -0.2) is 48.8 Å². The quantitative estimate of drug-likeness (QED) is 0.756. The van der Waals surface area contributed by atoms with Crippen LogP contribution in [0, 0.1) is 4.91 Å². The molecule has 98 valence electrons. The van der Waals surface area contributed by atoms with Crippen molar-refractivity contribution in [2.45, 2.75) is 18.2 Å². The van der Waals surface area contributed by atoms with Crippen molar-refractivity contribution in [2.75, 3.05) is 26.7 Å². The second kappa shape index (κ2) is 6.04. The average molecular weight is 249 g/mol. The molecule has 0 spiro atoms. The third-order valence-electron chi connectivity index (χ3n) is 3.46. The van der Waals surface area contributed by atoms with Gasteiger partial charge in [-0.3, -0.25) is 4.90 Å². The van der Waals surface area contributed by atoms with Crippen LogP contribution < -0.4 is 5.32 Å². The fourth-order valence-electron chi connectivity index (χ4n) is 2.41. The Labute approximate surface area is 107 Å². The third-order valence-corrected chi connectivity index (χ3v) is 3.46. The Morgan fingerprint density at radius 2 is 2.17 bits per heavy atom. The molecule has 0 bridgehead atoms. The Bertz CT molecular complexity index is 385. The van der Waals surface area contributed by atoms with E-state index in [0.29, 0.717) is 13.1 Å². The van der Waals surface area contributed by atoms with Gasteiger partial charge in [-0.15, -0.1) is 0 Å². The van der Waals surface area contributed by atoms with Gasteiger partial charge in [0.05, 0.1) is 6.10 Å². The molecule has 1 aliphatic heterocycles. The number of nitrogens with one attached hydrogen (secondary N) is 1. The van der Waals surface area contributed by atoms with E-state index >= 15 is 0 Å². The molecule has 0 aliphatic carbocycles. The molecule has 0 unspecified atom stereocenters. The third kappa shape index (κ3) is 2.93. The van der Waals surface area contributed by atoms with Crippen LogP contribution in [0.2, 0.25) is 0 Å². The molecule has 0 amide bonds. The number of nitrogens with zero attached hydrogens (tertiary/aromatic N) is 2. The molecule has 1 aromatic rings. The largest absolute Gasteiger partial charge is 0.389 e. The van der Waals surface area contributed by atoms with Gasteiger partial charge >= 0.3 is 0 Å². The van der Waals surface area contributed by atoms with Crippen molar-refractivity contribution in [2.24, 2.45) is 5.18 Å². The number of likely N-dealkylation sites (tertiary alicyclic amines) is 1. The number of aliphatic hydroxyl groups excluding tert-OH is 1. The predicted octanol–water partition coefficient (Wildman–Crippen LogP) is 0.759. The number of nitroso groups, excluding NO2 is 1. The highest BCUT2D eigenvalue weighted by Gasteiger charge is 2.33. The molecule has 0 aromatic heterocycles. The zero-order chi connectivity index (χ0) is 13.0. The lowest BCUT2D eigenvalue weighted by molar-refractivity contribution is 0.163. The topological polar surface area (TPSA) is 64.9 Å². The molecule has 1 fully saturated rings. The van der Waals surface area contributed by atoms with E-state index in [0.717, 1.165) is 6.54 Å². The molecule has 3 atom stereocenters. The summed E-state index contributed by atoms with van der Waals surface area (Å²) in [5.41, 5.74) is 1.21. The molecule has 0 saturated carbocycles. The van der Waals surface area contributed by atoms with E-state index in [1.807, 2.05) is 25.2 Å². The first-order chi connectivity index (χ1) is 8.74. The minimum atomic E-state index is -0.629. The lowest BCUT2D eigenvalue weighted by Gasteiger charge is -2.23. The van der Waals surface area contributed by atoms with Crippen molar-refractivity contribution in [3.63, 3.8) is 0 Å². The number of benzene rings is 1. The van der Waals surface area contributed by atoms with Crippen LogP contribution in [0.5, 0.6) is 0 Å². The van der Waals surface area contributed by atoms with E-state index in [1.165, 1.54) is 5.56 Å². The van der Waals surface area contributed by atoms with Gasteiger partial charge in [0, 0.05) is 25.7 Å². The van der Waals surface area contributed by atoms with Crippen LogP contribution in [0.1, 0.15) is 11.6 Å². The second-order valence-corrected chi connectivity index (χ2v) is 4.71. The van der Waals surface area contributed by atoms with E-state index in [4.69, 9.17) is 0 Å². The Hall–Kier alpha value is -1.30. The minimum Gasteiger partial charge on any atom is -0.389 e. The lowest BCUT2D eigenvalue weighted by Crippen LogP contribution is -2.33. The van der Waals surface area contributed by atoms with Gasteiger partial charge < -0.3 is 10.4 Å². The summed E-state index contributed by atoms with van der Waals surface area (Å²) >= 11 is 0.